The van der Waals surface area contributed by atoms with Crippen molar-refractivity contribution in [2.24, 2.45) is 0 Å². The first-order chi connectivity index (χ1) is 9.85. The molecule has 2 saturated heterocycles. The minimum Gasteiger partial charge on any atom is -0.311 e. The number of nitrogens with one attached hydrogen (secondary N) is 2. The lowest BCUT2D eigenvalue weighted by atomic mass is 10.0. The summed E-state index contributed by atoms with van der Waals surface area (Å²) in [6.45, 7) is 0. The first-order valence-electron chi connectivity index (χ1n) is 6.78. The van der Waals surface area contributed by atoms with Gasteiger partial charge in [0.1, 0.15) is 16.5 Å². The quantitative estimate of drug-likeness (QED) is 0.744. The third-order valence-electron chi connectivity index (χ3n) is 4.06. The van der Waals surface area contributed by atoms with Crippen molar-refractivity contribution >= 4 is 38.4 Å². The van der Waals surface area contributed by atoms with E-state index in [1.165, 1.54) is 0 Å². The summed E-state index contributed by atoms with van der Waals surface area (Å²) in [5, 5.41) is 3.40. The highest BCUT2D eigenvalue weighted by molar-refractivity contribution is 9.10. The maximum atomic E-state index is 13.8. The van der Waals surface area contributed by atoms with Crippen LogP contribution in [0.3, 0.4) is 0 Å². The second kappa shape index (κ2) is 6.68. The van der Waals surface area contributed by atoms with E-state index in [1.54, 1.807) is 0 Å². The van der Waals surface area contributed by atoms with Crippen molar-refractivity contribution in [2.75, 3.05) is 0 Å². The van der Waals surface area contributed by atoms with E-state index in [2.05, 4.69) is 26.0 Å². The molecule has 0 radical (unpaired) electrons. The highest BCUT2D eigenvalue weighted by Crippen LogP contribution is 2.29. The molecule has 2 unspecified atom stereocenters. The molecular formula is C13H16BrClF2N2O2S. The van der Waals surface area contributed by atoms with Gasteiger partial charge in [0, 0.05) is 18.1 Å². The number of benzene rings is 1. The van der Waals surface area contributed by atoms with E-state index in [0.29, 0.717) is 31.0 Å². The molecule has 0 aromatic heterocycles. The summed E-state index contributed by atoms with van der Waals surface area (Å²) in [5.41, 5.74) is 0. The average molecular weight is 418 g/mol. The largest absolute Gasteiger partial charge is 0.311 e. The van der Waals surface area contributed by atoms with Gasteiger partial charge in [-0.3, -0.25) is 0 Å². The predicted octanol–water partition coefficient (Wildman–Crippen LogP) is 2.71. The topological polar surface area (TPSA) is 58.2 Å². The average Bonchev–Trinajstić information content (AvgIpc) is 2.72. The van der Waals surface area contributed by atoms with Gasteiger partial charge in [0.2, 0.25) is 10.0 Å². The van der Waals surface area contributed by atoms with Gasteiger partial charge in [-0.25, -0.2) is 21.9 Å². The molecule has 0 aliphatic carbocycles. The summed E-state index contributed by atoms with van der Waals surface area (Å²) < 4.78 is 54.2. The van der Waals surface area contributed by atoms with E-state index in [0.717, 1.165) is 18.9 Å². The Balaban J connectivity index is 0.00000176. The highest BCUT2D eigenvalue weighted by atomic mass is 79.9. The molecule has 2 N–H and O–H groups in total. The van der Waals surface area contributed by atoms with E-state index in [9.17, 15) is 17.2 Å². The van der Waals surface area contributed by atoms with Crippen molar-refractivity contribution in [1.29, 1.82) is 0 Å². The van der Waals surface area contributed by atoms with Crippen LogP contribution in [0.2, 0.25) is 0 Å². The van der Waals surface area contributed by atoms with Gasteiger partial charge in [0.25, 0.3) is 0 Å². The zero-order valence-electron chi connectivity index (χ0n) is 11.5. The summed E-state index contributed by atoms with van der Waals surface area (Å²) in [5.74, 6) is -1.77. The summed E-state index contributed by atoms with van der Waals surface area (Å²) >= 11 is 2.83. The van der Waals surface area contributed by atoms with Crippen LogP contribution in [0, 0.1) is 11.6 Å². The number of halogens is 4. The lowest BCUT2D eigenvalue weighted by molar-refractivity contribution is 0.345. The number of fused-ring (bicyclic) bond motifs is 2. The minimum absolute atomic E-state index is 0. The Morgan fingerprint density at radius 2 is 1.73 bits per heavy atom. The molecule has 2 aliphatic heterocycles. The van der Waals surface area contributed by atoms with Crippen LogP contribution in [0.5, 0.6) is 0 Å². The second-order valence-corrected chi connectivity index (χ2v) is 8.16. The summed E-state index contributed by atoms with van der Waals surface area (Å²) in [7, 11) is -4.06. The van der Waals surface area contributed by atoms with Gasteiger partial charge in [-0.2, -0.15) is 0 Å². The molecule has 22 heavy (non-hydrogen) atoms. The molecule has 4 nitrogen and oxygen atoms in total. The van der Waals surface area contributed by atoms with Crippen LogP contribution >= 0.6 is 28.3 Å². The zero-order valence-corrected chi connectivity index (χ0v) is 14.7. The Kier molecular flexibility index (Phi) is 5.49. The van der Waals surface area contributed by atoms with Crippen molar-refractivity contribution in [1.82, 2.24) is 10.0 Å². The molecule has 0 saturated carbocycles. The van der Waals surface area contributed by atoms with Gasteiger partial charge in [-0.1, -0.05) is 0 Å². The molecule has 9 heteroatoms. The molecular weight excluding hydrogens is 402 g/mol. The van der Waals surface area contributed by atoms with Crippen molar-refractivity contribution in [3.8, 4) is 0 Å². The standard InChI is InChI=1S/C13H15BrF2N2O2S.ClH/c14-10-5-12(16)13(6-11(10)15)21(19,20)18-9-3-7-1-2-8(4-9)17-7;/h5-9,17-18H,1-4H2;1H. The van der Waals surface area contributed by atoms with Crippen LogP contribution in [-0.4, -0.2) is 26.5 Å². The Labute approximate surface area is 142 Å². The molecule has 124 valence electrons. The fraction of sp³-hybridized carbons (Fsp3) is 0.538. The molecule has 2 aliphatic rings. The number of hydrogen-bond donors (Lipinski definition) is 2. The van der Waals surface area contributed by atoms with Crippen molar-refractivity contribution in [3.05, 3.63) is 28.2 Å². The SMILES string of the molecule is Cl.O=S(=O)(NC1CC2CCC(C1)N2)c1cc(F)c(Br)cc1F. The third-order valence-corrected chi connectivity index (χ3v) is 6.20. The van der Waals surface area contributed by atoms with Crippen LogP contribution < -0.4 is 10.0 Å². The van der Waals surface area contributed by atoms with E-state index >= 15 is 0 Å². The first kappa shape index (κ1) is 18.1. The predicted molar refractivity (Wildman–Crippen MR) is 84.6 cm³/mol. The van der Waals surface area contributed by atoms with Gasteiger partial charge >= 0.3 is 0 Å². The fourth-order valence-electron chi connectivity index (χ4n) is 3.15. The van der Waals surface area contributed by atoms with Gasteiger partial charge in [-0.05, 0) is 53.7 Å². The fourth-order valence-corrected chi connectivity index (χ4v) is 4.79. The third kappa shape index (κ3) is 3.62. The highest BCUT2D eigenvalue weighted by Gasteiger charge is 2.36. The Bertz CT molecular complexity index is 662. The minimum atomic E-state index is -4.06. The van der Waals surface area contributed by atoms with Crippen molar-refractivity contribution < 1.29 is 17.2 Å². The maximum absolute atomic E-state index is 13.8. The first-order valence-corrected chi connectivity index (χ1v) is 9.05. The van der Waals surface area contributed by atoms with E-state index < -0.39 is 26.6 Å². The van der Waals surface area contributed by atoms with Crippen molar-refractivity contribution in [3.63, 3.8) is 0 Å². The zero-order chi connectivity index (χ0) is 15.2. The van der Waals surface area contributed by atoms with E-state index in [-0.39, 0.29) is 22.9 Å². The van der Waals surface area contributed by atoms with E-state index in [4.69, 9.17) is 0 Å². The number of rotatable bonds is 3. The molecule has 0 amide bonds. The summed E-state index contributed by atoms with van der Waals surface area (Å²) in [4.78, 5) is -0.644. The normalized spacial score (nSPS) is 27.5. The molecule has 1 aromatic carbocycles. The molecule has 2 bridgehead atoms. The Morgan fingerprint density at radius 3 is 2.32 bits per heavy atom. The number of sulfonamides is 1. The van der Waals surface area contributed by atoms with Gasteiger partial charge < -0.3 is 5.32 Å². The van der Waals surface area contributed by atoms with Gasteiger partial charge in [0.15, 0.2) is 0 Å². The second-order valence-electron chi connectivity index (χ2n) is 5.62. The molecule has 0 spiro atoms. The van der Waals surface area contributed by atoms with Gasteiger partial charge in [-0.15, -0.1) is 12.4 Å². The molecule has 1 aromatic rings. The van der Waals surface area contributed by atoms with Crippen LogP contribution in [0.1, 0.15) is 25.7 Å². The molecule has 3 rings (SSSR count). The van der Waals surface area contributed by atoms with Gasteiger partial charge in [0.05, 0.1) is 4.47 Å². The summed E-state index contributed by atoms with van der Waals surface area (Å²) in [6, 6.07) is 1.92. The van der Waals surface area contributed by atoms with E-state index in [1.807, 2.05) is 0 Å². The van der Waals surface area contributed by atoms with Crippen molar-refractivity contribution in [2.45, 2.75) is 48.7 Å². The molecule has 2 fully saturated rings. The Hall–Kier alpha value is -0.280. The molecule has 2 heterocycles. The van der Waals surface area contributed by atoms with Crippen LogP contribution in [0.25, 0.3) is 0 Å². The van der Waals surface area contributed by atoms with Crippen LogP contribution in [0.4, 0.5) is 8.78 Å². The van der Waals surface area contributed by atoms with Crippen LogP contribution in [0.15, 0.2) is 21.5 Å². The lowest BCUT2D eigenvalue weighted by Gasteiger charge is -2.29. The molecule has 2 atom stereocenters. The van der Waals surface area contributed by atoms with Crippen LogP contribution in [-0.2, 0) is 10.0 Å². The monoisotopic (exact) mass is 416 g/mol. The number of hydrogen-bond acceptors (Lipinski definition) is 3. The lowest BCUT2D eigenvalue weighted by Crippen LogP contribution is -2.48. The Morgan fingerprint density at radius 1 is 1.14 bits per heavy atom. The number of piperidine rings is 1. The summed E-state index contributed by atoms with van der Waals surface area (Å²) in [6.07, 6.45) is 3.42. The maximum Gasteiger partial charge on any atom is 0.243 e. The smallest absolute Gasteiger partial charge is 0.243 e.